The molecule has 4 heteroatoms. The lowest BCUT2D eigenvalue weighted by molar-refractivity contribution is -0.129. The van der Waals surface area contributed by atoms with Crippen LogP contribution in [-0.2, 0) is 20.4 Å². The summed E-state index contributed by atoms with van der Waals surface area (Å²) >= 11 is 3.59. The van der Waals surface area contributed by atoms with Crippen LogP contribution in [0.3, 0.4) is 0 Å². The summed E-state index contributed by atoms with van der Waals surface area (Å²) in [5, 5.41) is 0. The first-order chi connectivity index (χ1) is 13.9. The summed E-state index contributed by atoms with van der Waals surface area (Å²) in [7, 11) is 0. The molecule has 0 radical (unpaired) electrons. The Morgan fingerprint density at radius 2 is 1.67 bits per heavy atom. The molecule has 1 heterocycles. The number of nitrogens with zero attached hydrogens (tertiary/aromatic N) is 1. The van der Waals surface area contributed by atoms with Gasteiger partial charge in [-0.3, -0.25) is 9.59 Å². The quantitative estimate of drug-likeness (QED) is 0.469. The topological polar surface area (TPSA) is 37.4 Å². The van der Waals surface area contributed by atoms with Gasteiger partial charge in [-0.1, -0.05) is 100.0 Å². The third-order valence-electron chi connectivity index (χ3n) is 6.17. The summed E-state index contributed by atoms with van der Waals surface area (Å²) in [6, 6.07) is 6.23. The zero-order valence-corrected chi connectivity index (χ0v) is 20.0. The minimum atomic E-state index is -0.374. The van der Waals surface area contributed by atoms with Crippen LogP contribution in [-0.4, -0.2) is 11.8 Å². The predicted octanol–water partition coefficient (Wildman–Crippen LogP) is 6.10. The summed E-state index contributed by atoms with van der Waals surface area (Å²) in [4.78, 5) is 28.8. The molecule has 1 aliphatic heterocycles. The molecule has 0 N–H and O–H groups in total. The smallest absolute Gasteiger partial charge is 0.261 e. The van der Waals surface area contributed by atoms with Crippen molar-refractivity contribution in [3.63, 3.8) is 0 Å². The van der Waals surface area contributed by atoms with E-state index in [1.54, 1.807) is 0 Å². The van der Waals surface area contributed by atoms with Crippen LogP contribution < -0.4 is 4.90 Å². The molecule has 0 saturated carbocycles. The highest BCUT2D eigenvalue weighted by atomic mass is 79.9. The molecule has 30 heavy (non-hydrogen) atoms. The number of halogens is 1. The standard InChI is InChI=1S/C26H28BrNO2/c1-25(2,3)15-10-12-19(26(4,5)6)21(14-15)28-23(29)17-9-7-8-16-20(27)13-11-18(22(16)17)24(28)30/h7-14,18,22H,1-6H3. The second-order valence-corrected chi connectivity index (χ2v) is 11.2. The Hall–Kier alpha value is -2.20. The number of carbonyl (C=O) groups excluding carboxylic acids is 2. The molecule has 1 fully saturated rings. The first-order valence-corrected chi connectivity index (χ1v) is 11.2. The lowest BCUT2D eigenvalue weighted by atomic mass is 9.71. The van der Waals surface area contributed by atoms with Crippen LogP contribution in [0.1, 0.15) is 52.7 Å². The molecular weight excluding hydrogens is 438 g/mol. The molecule has 2 aliphatic carbocycles. The minimum absolute atomic E-state index is 0.0893. The van der Waals surface area contributed by atoms with Crippen molar-refractivity contribution in [3.8, 4) is 0 Å². The van der Waals surface area contributed by atoms with Gasteiger partial charge in [0.1, 0.15) is 0 Å². The van der Waals surface area contributed by atoms with Gasteiger partial charge in [-0.05, 0) is 33.6 Å². The summed E-state index contributed by atoms with van der Waals surface area (Å²) in [6.45, 7) is 12.8. The third kappa shape index (κ3) is 3.26. The van der Waals surface area contributed by atoms with Gasteiger partial charge in [0.15, 0.2) is 0 Å². The molecule has 0 bridgehead atoms. The van der Waals surface area contributed by atoms with Gasteiger partial charge < -0.3 is 0 Å². The highest BCUT2D eigenvalue weighted by Crippen LogP contribution is 2.47. The van der Waals surface area contributed by atoms with Crippen molar-refractivity contribution in [2.75, 3.05) is 4.90 Å². The Kier molecular flexibility index (Phi) is 4.85. The minimum Gasteiger partial charge on any atom is -0.273 e. The third-order valence-corrected chi connectivity index (χ3v) is 6.90. The summed E-state index contributed by atoms with van der Waals surface area (Å²) < 4.78 is 0.935. The molecule has 4 rings (SSSR count). The molecule has 2 atom stereocenters. The van der Waals surface area contributed by atoms with Gasteiger partial charge in [0.05, 0.1) is 11.6 Å². The maximum atomic E-state index is 13.7. The number of benzene rings is 1. The number of amides is 2. The second kappa shape index (κ2) is 6.91. The SMILES string of the molecule is CC(C)(C)c1ccc(C(C)(C)C)c(N2C(=O)C3=CC=CC4=C(Br)C=CC(C2=O)C34)c1. The van der Waals surface area contributed by atoms with Crippen LogP contribution in [0.15, 0.2) is 64.2 Å². The van der Waals surface area contributed by atoms with Crippen molar-refractivity contribution in [2.45, 2.75) is 52.4 Å². The van der Waals surface area contributed by atoms with Gasteiger partial charge >= 0.3 is 0 Å². The Bertz CT molecular complexity index is 1070. The monoisotopic (exact) mass is 465 g/mol. The summed E-state index contributed by atoms with van der Waals surface area (Å²) in [5.74, 6) is -0.950. The van der Waals surface area contributed by atoms with Gasteiger partial charge in [0, 0.05) is 16.0 Å². The number of carbonyl (C=O) groups is 2. The fourth-order valence-electron chi connectivity index (χ4n) is 4.49. The van der Waals surface area contributed by atoms with Crippen LogP contribution >= 0.6 is 15.9 Å². The Labute approximate surface area is 187 Å². The van der Waals surface area contributed by atoms with Gasteiger partial charge in [-0.15, -0.1) is 0 Å². The molecule has 0 aromatic heterocycles. The van der Waals surface area contributed by atoms with E-state index in [9.17, 15) is 9.59 Å². The molecule has 0 spiro atoms. The van der Waals surface area contributed by atoms with Crippen LogP contribution in [0.25, 0.3) is 0 Å². The molecular formula is C26H28BrNO2. The largest absolute Gasteiger partial charge is 0.273 e. The number of hydrogen-bond acceptors (Lipinski definition) is 2. The van der Waals surface area contributed by atoms with Gasteiger partial charge in [-0.25, -0.2) is 4.90 Å². The number of anilines is 1. The maximum Gasteiger partial charge on any atom is 0.261 e. The van der Waals surface area contributed by atoms with E-state index < -0.39 is 0 Å². The molecule has 2 amide bonds. The van der Waals surface area contributed by atoms with Crippen LogP contribution in [0.5, 0.6) is 0 Å². The van der Waals surface area contributed by atoms with E-state index in [4.69, 9.17) is 0 Å². The van der Waals surface area contributed by atoms with Gasteiger partial charge in [0.25, 0.3) is 5.91 Å². The number of hydrogen-bond donors (Lipinski definition) is 0. The zero-order valence-electron chi connectivity index (χ0n) is 18.4. The number of imide groups is 1. The van der Waals surface area contributed by atoms with Crippen LogP contribution in [0.2, 0.25) is 0 Å². The van der Waals surface area contributed by atoms with E-state index in [0.29, 0.717) is 11.3 Å². The molecule has 1 aromatic rings. The maximum absolute atomic E-state index is 13.7. The van der Waals surface area contributed by atoms with E-state index in [-0.39, 0.29) is 34.5 Å². The van der Waals surface area contributed by atoms with Crippen molar-refractivity contribution in [1.82, 2.24) is 0 Å². The fraction of sp³-hybridized carbons (Fsp3) is 0.385. The van der Waals surface area contributed by atoms with Crippen molar-refractivity contribution in [3.05, 3.63) is 75.3 Å². The Morgan fingerprint density at radius 3 is 2.30 bits per heavy atom. The molecule has 1 saturated heterocycles. The Balaban J connectivity index is 1.92. The van der Waals surface area contributed by atoms with E-state index in [0.717, 1.165) is 21.2 Å². The molecule has 1 aromatic carbocycles. The molecule has 3 aliphatic rings. The normalized spacial score (nSPS) is 23.7. The van der Waals surface area contributed by atoms with Crippen molar-refractivity contribution >= 4 is 33.4 Å². The lowest BCUT2D eigenvalue weighted by Crippen LogP contribution is -2.52. The van der Waals surface area contributed by atoms with E-state index in [1.165, 1.54) is 4.90 Å². The van der Waals surface area contributed by atoms with Crippen LogP contribution in [0, 0.1) is 11.8 Å². The summed E-state index contributed by atoms with van der Waals surface area (Å²) in [6.07, 6.45) is 9.63. The van der Waals surface area contributed by atoms with Crippen LogP contribution in [0.4, 0.5) is 5.69 Å². The number of rotatable bonds is 1. The first-order valence-electron chi connectivity index (χ1n) is 10.4. The Morgan fingerprint density at radius 1 is 0.967 bits per heavy atom. The fourth-order valence-corrected chi connectivity index (χ4v) is 5.03. The first kappa shape index (κ1) is 21.0. The van der Waals surface area contributed by atoms with E-state index in [1.807, 2.05) is 36.4 Å². The average Bonchev–Trinajstić information content (AvgIpc) is 2.65. The van der Waals surface area contributed by atoms with Crippen molar-refractivity contribution < 1.29 is 9.59 Å². The van der Waals surface area contributed by atoms with Gasteiger partial charge in [-0.2, -0.15) is 0 Å². The highest BCUT2D eigenvalue weighted by molar-refractivity contribution is 9.11. The molecule has 3 nitrogen and oxygen atoms in total. The summed E-state index contributed by atoms with van der Waals surface area (Å²) in [5.41, 5.74) is 4.20. The molecule has 2 unspecified atom stereocenters. The van der Waals surface area contributed by atoms with Crippen molar-refractivity contribution in [1.29, 1.82) is 0 Å². The number of piperidine rings is 1. The molecule has 156 valence electrons. The average molecular weight is 466 g/mol. The second-order valence-electron chi connectivity index (χ2n) is 10.4. The van der Waals surface area contributed by atoms with E-state index in [2.05, 4.69) is 69.6 Å². The number of allylic oxidation sites excluding steroid dienone is 6. The predicted molar refractivity (Wildman–Crippen MR) is 126 cm³/mol. The lowest BCUT2D eigenvalue weighted by Gasteiger charge is -2.42. The van der Waals surface area contributed by atoms with E-state index >= 15 is 0 Å². The zero-order chi connectivity index (χ0) is 22.0. The van der Waals surface area contributed by atoms with Gasteiger partial charge in [0.2, 0.25) is 5.91 Å². The highest BCUT2D eigenvalue weighted by Gasteiger charge is 2.48. The van der Waals surface area contributed by atoms with Crippen molar-refractivity contribution in [2.24, 2.45) is 11.8 Å².